The first kappa shape index (κ1) is 9.71. The molecular weight excluding hydrogens is 195 g/mol. The molecule has 1 N–H and O–H groups in total. The maximum atomic E-state index is 12.6. The number of aryl methyl sites for hydroxylation is 1. The lowest BCUT2D eigenvalue weighted by molar-refractivity contribution is 0.384. The Bertz CT molecular complexity index is 436. The van der Waals surface area contributed by atoms with Gasteiger partial charge >= 0.3 is 0 Å². The van der Waals surface area contributed by atoms with Gasteiger partial charge in [-0.3, -0.25) is 0 Å². The van der Waals surface area contributed by atoms with Crippen LogP contribution in [0.5, 0.6) is 0 Å². The van der Waals surface area contributed by atoms with Crippen molar-refractivity contribution in [1.29, 1.82) is 0 Å². The summed E-state index contributed by atoms with van der Waals surface area (Å²) in [6.07, 6.45) is 0. The molecule has 78 valence electrons. The predicted molar refractivity (Wildman–Crippen MR) is 55.0 cm³/mol. The summed E-state index contributed by atoms with van der Waals surface area (Å²) >= 11 is 0. The van der Waals surface area contributed by atoms with Crippen LogP contribution < -0.4 is 5.32 Å². The van der Waals surface area contributed by atoms with E-state index < -0.39 is 0 Å². The second-order valence-electron chi connectivity index (χ2n) is 3.30. The van der Waals surface area contributed by atoms with E-state index in [1.165, 1.54) is 12.1 Å². The Morgan fingerprint density at radius 3 is 2.67 bits per heavy atom. The molecule has 0 spiro atoms. The Balaban J connectivity index is 1.96. The van der Waals surface area contributed by atoms with E-state index in [0.717, 1.165) is 17.1 Å². The number of nitrogens with zero attached hydrogens (tertiary/aromatic N) is 1. The summed E-state index contributed by atoms with van der Waals surface area (Å²) < 4.78 is 17.6. The highest BCUT2D eigenvalue weighted by atomic mass is 19.1. The summed E-state index contributed by atoms with van der Waals surface area (Å²) in [6.45, 7) is 2.41. The number of halogens is 1. The Hall–Kier alpha value is -1.84. The average molecular weight is 206 g/mol. The molecule has 0 amide bonds. The molecule has 0 saturated carbocycles. The molecule has 2 rings (SSSR count). The molecule has 0 unspecified atom stereocenters. The van der Waals surface area contributed by atoms with E-state index in [1.54, 1.807) is 12.1 Å². The zero-order valence-corrected chi connectivity index (χ0v) is 8.33. The number of anilines is 1. The zero-order chi connectivity index (χ0) is 10.7. The van der Waals surface area contributed by atoms with Gasteiger partial charge in [0.15, 0.2) is 5.76 Å². The molecule has 0 aliphatic heterocycles. The number of benzene rings is 1. The standard InChI is InChI=1S/C11H11FN2O/c1-8-6-11(15-14-8)7-13-10-4-2-9(12)3-5-10/h2-6,13H,7H2,1H3. The number of nitrogens with one attached hydrogen (secondary N) is 1. The number of hydrogen-bond acceptors (Lipinski definition) is 3. The van der Waals surface area contributed by atoms with Gasteiger partial charge in [-0.2, -0.15) is 0 Å². The first-order chi connectivity index (χ1) is 7.24. The van der Waals surface area contributed by atoms with E-state index in [-0.39, 0.29) is 5.82 Å². The second kappa shape index (κ2) is 4.13. The molecule has 0 saturated heterocycles. The molecule has 1 aromatic heterocycles. The van der Waals surface area contributed by atoms with Crippen molar-refractivity contribution in [3.05, 3.63) is 47.6 Å². The van der Waals surface area contributed by atoms with Crippen molar-refractivity contribution < 1.29 is 8.91 Å². The Labute approximate surface area is 86.9 Å². The van der Waals surface area contributed by atoms with Gasteiger partial charge < -0.3 is 9.84 Å². The van der Waals surface area contributed by atoms with Crippen LogP contribution in [0, 0.1) is 12.7 Å². The van der Waals surface area contributed by atoms with E-state index in [2.05, 4.69) is 10.5 Å². The molecule has 1 aromatic carbocycles. The van der Waals surface area contributed by atoms with E-state index in [0.29, 0.717) is 6.54 Å². The summed E-state index contributed by atoms with van der Waals surface area (Å²) in [5, 5.41) is 6.87. The van der Waals surface area contributed by atoms with Crippen molar-refractivity contribution >= 4 is 5.69 Å². The molecule has 0 radical (unpaired) electrons. The second-order valence-corrected chi connectivity index (χ2v) is 3.30. The maximum absolute atomic E-state index is 12.6. The van der Waals surface area contributed by atoms with Gasteiger partial charge in [-0.05, 0) is 31.2 Å². The molecule has 15 heavy (non-hydrogen) atoms. The largest absolute Gasteiger partial charge is 0.378 e. The van der Waals surface area contributed by atoms with Crippen LogP contribution in [-0.4, -0.2) is 5.16 Å². The lowest BCUT2D eigenvalue weighted by Crippen LogP contribution is -1.97. The van der Waals surface area contributed by atoms with Gasteiger partial charge in [0.2, 0.25) is 0 Å². The molecular formula is C11H11FN2O. The number of hydrogen-bond donors (Lipinski definition) is 1. The quantitative estimate of drug-likeness (QED) is 0.839. The van der Waals surface area contributed by atoms with Gasteiger partial charge in [0.05, 0.1) is 12.2 Å². The highest BCUT2D eigenvalue weighted by Gasteiger charge is 2.00. The van der Waals surface area contributed by atoms with Crippen LogP contribution >= 0.6 is 0 Å². The smallest absolute Gasteiger partial charge is 0.156 e. The van der Waals surface area contributed by atoms with E-state index in [4.69, 9.17) is 4.52 Å². The van der Waals surface area contributed by atoms with Crippen LogP contribution in [0.15, 0.2) is 34.9 Å². The molecule has 2 aromatic rings. The van der Waals surface area contributed by atoms with Gasteiger partial charge in [-0.25, -0.2) is 4.39 Å². The zero-order valence-electron chi connectivity index (χ0n) is 8.33. The fourth-order valence-electron chi connectivity index (χ4n) is 1.26. The summed E-state index contributed by atoms with van der Waals surface area (Å²) in [7, 11) is 0. The third kappa shape index (κ3) is 2.56. The van der Waals surface area contributed by atoms with Gasteiger partial charge in [0.25, 0.3) is 0 Å². The lowest BCUT2D eigenvalue weighted by atomic mass is 10.3. The topological polar surface area (TPSA) is 38.1 Å². The lowest BCUT2D eigenvalue weighted by Gasteiger charge is -2.02. The Morgan fingerprint density at radius 2 is 2.07 bits per heavy atom. The SMILES string of the molecule is Cc1cc(CNc2ccc(F)cc2)on1. The Kier molecular flexibility index (Phi) is 2.67. The van der Waals surface area contributed by atoms with Crippen molar-refractivity contribution in [1.82, 2.24) is 5.16 Å². The minimum absolute atomic E-state index is 0.240. The van der Waals surface area contributed by atoms with Gasteiger partial charge in [-0.15, -0.1) is 0 Å². The van der Waals surface area contributed by atoms with Crippen LogP contribution in [-0.2, 0) is 6.54 Å². The summed E-state index contributed by atoms with van der Waals surface area (Å²) in [6, 6.07) is 8.04. The molecule has 0 aliphatic rings. The average Bonchev–Trinajstić information content (AvgIpc) is 2.64. The van der Waals surface area contributed by atoms with Crippen molar-refractivity contribution in [2.24, 2.45) is 0 Å². The van der Waals surface area contributed by atoms with E-state index >= 15 is 0 Å². The van der Waals surface area contributed by atoms with Crippen LogP contribution in [0.1, 0.15) is 11.5 Å². The summed E-state index contributed by atoms with van der Waals surface area (Å²) in [4.78, 5) is 0. The van der Waals surface area contributed by atoms with Crippen molar-refractivity contribution in [3.63, 3.8) is 0 Å². The van der Waals surface area contributed by atoms with Crippen molar-refractivity contribution in [2.45, 2.75) is 13.5 Å². The van der Waals surface area contributed by atoms with Gasteiger partial charge in [-0.1, -0.05) is 5.16 Å². The van der Waals surface area contributed by atoms with Crippen molar-refractivity contribution in [3.8, 4) is 0 Å². The molecule has 1 heterocycles. The van der Waals surface area contributed by atoms with E-state index in [1.807, 2.05) is 13.0 Å². The van der Waals surface area contributed by atoms with Crippen molar-refractivity contribution in [2.75, 3.05) is 5.32 Å². The molecule has 0 aliphatic carbocycles. The monoisotopic (exact) mass is 206 g/mol. The van der Waals surface area contributed by atoms with Gasteiger partial charge in [0, 0.05) is 11.8 Å². The molecule has 0 fully saturated rings. The summed E-state index contributed by atoms with van der Waals surface area (Å²) in [5.74, 6) is 0.521. The predicted octanol–water partition coefficient (Wildman–Crippen LogP) is 2.73. The minimum atomic E-state index is -0.240. The number of aromatic nitrogens is 1. The van der Waals surface area contributed by atoms with Crippen LogP contribution in [0.3, 0.4) is 0 Å². The van der Waals surface area contributed by atoms with Crippen LogP contribution in [0.2, 0.25) is 0 Å². The van der Waals surface area contributed by atoms with Crippen LogP contribution in [0.4, 0.5) is 10.1 Å². The molecule has 3 nitrogen and oxygen atoms in total. The van der Waals surface area contributed by atoms with E-state index in [9.17, 15) is 4.39 Å². The third-order valence-electron chi connectivity index (χ3n) is 1.99. The normalized spacial score (nSPS) is 10.3. The van der Waals surface area contributed by atoms with Crippen LogP contribution in [0.25, 0.3) is 0 Å². The first-order valence-electron chi connectivity index (χ1n) is 4.66. The fourth-order valence-corrected chi connectivity index (χ4v) is 1.26. The van der Waals surface area contributed by atoms with Gasteiger partial charge in [0.1, 0.15) is 5.82 Å². The minimum Gasteiger partial charge on any atom is -0.378 e. The Morgan fingerprint density at radius 1 is 1.33 bits per heavy atom. The molecule has 0 atom stereocenters. The summed E-state index contributed by atoms with van der Waals surface area (Å²) in [5.41, 5.74) is 1.70. The third-order valence-corrected chi connectivity index (χ3v) is 1.99. The maximum Gasteiger partial charge on any atom is 0.156 e. The molecule has 0 bridgehead atoms. The first-order valence-corrected chi connectivity index (χ1v) is 4.66. The number of rotatable bonds is 3. The molecule has 4 heteroatoms. The highest BCUT2D eigenvalue weighted by Crippen LogP contribution is 2.10. The fraction of sp³-hybridized carbons (Fsp3) is 0.182. The highest BCUT2D eigenvalue weighted by molar-refractivity contribution is 5.42.